The summed E-state index contributed by atoms with van der Waals surface area (Å²) in [6.45, 7) is 2.08. The number of hydrogen-bond acceptors (Lipinski definition) is 5. The largest absolute Gasteiger partial charge is 0.354 e. The fourth-order valence-corrected chi connectivity index (χ4v) is 2.90. The van der Waals surface area contributed by atoms with Gasteiger partial charge in [0.2, 0.25) is 0 Å². The summed E-state index contributed by atoms with van der Waals surface area (Å²) in [5.41, 5.74) is 1.20. The third kappa shape index (κ3) is 4.08. The average Bonchev–Trinajstić information content (AvgIpc) is 2.39. The normalized spacial score (nSPS) is 14.4. The van der Waals surface area contributed by atoms with Crippen LogP contribution in [0.2, 0.25) is 0 Å². The number of rotatable bonds is 8. The Morgan fingerprint density at radius 2 is 1.89 bits per heavy atom. The molecular weight excluding hydrogens is 250 g/mol. The van der Waals surface area contributed by atoms with E-state index in [-0.39, 0.29) is 6.54 Å². The molecule has 18 heavy (non-hydrogen) atoms. The molecule has 0 amide bonds. The summed E-state index contributed by atoms with van der Waals surface area (Å²) in [4.78, 5) is 10.6. The molecule has 0 aliphatic heterocycles. The minimum Gasteiger partial charge on any atom is -0.354 e. The van der Waals surface area contributed by atoms with Crippen molar-refractivity contribution < 1.29 is 9.47 Å². The third-order valence-corrected chi connectivity index (χ3v) is 4.18. The van der Waals surface area contributed by atoms with Crippen molar-refractivity contribution >= 4 is 11.8 Å². The van der Waals surface area contributed by atoms with E-state index in [4.69, 9.17) is 9.47 Å². The van der Waals surface area contributed by atoms with Crippen LogP contribution in [0, 0.1) is 4.91 Å². The van der Waals surface area contributed by atoms with Gasteiger partial charge in [-0.1, -0.05) is 35.5 Å². The zero-order chi connectivity index (χ0) is 13.4. The van der Waals surface area contributed by atoms with Crippen LogP contribution >= 0.6 is 11.8 Å². The Bertz CT molecular complexity index is 357. The smallest absolute Gasteiger partial charge is 0.172 e. The summed E-state index contributed by atoms with van der Waals surface area (Å²) >= 11 is 1.62. The van der Waals surface area contributed by atoms with Gasteiger partial charge in [0.15, 0.2) is 6.29 Å². The first-order valence-electron chi connectivity index (χ1n) is 5.69. The van der Waals surface area contributed by atoms with E-state index in [1.807, 2.05) is 25.1 Å². The Balaban J connectivity index is 2.70. The van der Waals surface area contributed by atoms with Gasteiger partial charge in [0.05, 0.1) is 4.75 Å². The second-order valence-electron chi connectivity index (χ2n) is 4.18. The maximum atomic E-state index is 10.6. The quantitative estimate of drug-likeness (QED) is 0.537. The highest BCUT2D eigenvalue weighted by atomic mass is 32.2. The summed E-state index contributed by atoms with van der Waals surface area (Å²) in [6, 6.07) is 10.1. The Kier molecular flexibility index (Phi) is 6.32. The Morgan fingerprint density at radius 3 is 2.39 bits per heavy atom. The predicted octanol–water partition coefficient (Wildman–Crippen LogP) is 3.06. The molecule has 0 aromatic heterocycles. The second kappa shape index (κ2) is 7.51. The number of ether oxygens (including phenoxy) is 2. The monoisotopic (exact) mass is 269 g/mol. The molecule has 0 heterocycles. The zero-order valence-electron chi connectivity index (χ0n) is 11.0. The van der Waals surface area contributed by atoms with Crippen molar-refractivity contribution in [3.8, 4) is 0 Å². The molecule has 1 rings (SSSR count). The molecule has 1 aromatic carbocycles. The fraction of sp³-hybridized carbons (Fsp3) is 0.538. The molecular formula is C13H19NO3S. The first kappa shape index (κ1) is 15.1. The van der Waals surface area contributed by atoms with Crippen LogP contribution < -0.4 is 0 Å². The number of nitrogens with zero attached hydrogens (tertiary/aromatic N) is 1. The number of benzene rings is 1. The fourth-order valence-electron chi connectivity index (χ4n) is 1.73. The van der Waals surface area contributed by atoms with Crippen LogP contribution in [-0.4, -0.2) is 31.8 Å². The molecule has 0 spiro atoms. The lowest BCUT2D eigenvalue weighted by Gasteiger charge is -2.32. The van der Waals surface area contributed by atoms with E-state index in [1.54, 1.807) is 26.0 Å². The van der Waals surface area contributed by atoms with Crippen LogP contribution in [0.4, 0.5) is 0 Å². The molecule has 100 valence electrons. The van der Waals surface area contributed by atoms with Gasteiger partial charge in [0.25, 0.3) is 0 Å². The SMILES string of the molecule is COC(OC)C(C)(CN=O)SCc1ccccc1. The molecule has 0 N–H and O–H groups in total. The molecule has 0 saturated heterocycles. The summed E-state index contributed by atoms with van der Waals surface area (Å²) in [7, 11) is 3.14. The minimum absolute atomic E-state index is 0.150. The minimum atomic E-state index is -0.485. The van der Waals surface area contributed by atoms with Crippen molar-refractivity contribution in [1.82, 2.24) is 0 Å². The van der Waals surface area contributed by atoms with Crippen LogP contribution in [0.3, 0.4) is 0 Å². The van der Waals surface area contributed by atoms with Crippen LogP contribution in [-0.2, 0) is 15.2 Å². The van der Waals surface area contributed by atoms with Crippen LogP contribution in [0.25, 0.3) is 0 Å². The van der Waals surface area contributed by atoms with E-state index < -0.39 is 11.0 Å². The van der Waals surface area contributed by atoms with E-state index in [1.165, 1.54) is 5.56 Å². The Morgan fingerprint density at radius 1 is 1.28 bits per heavy atom. The summed E-state index contributed by atoms with van der Waals surface area (Å²) in [5, 5.41) is 3.01. The van der Waals surface area contributed by atoms with Crippen molar-refractivity contribution in [2.75, 3.05) is 20.8 Å². The zero-order valence-corrected chi connectivity index (χ0v) is 11.8. The van der Waals surface area contributed by atoms with E-state index >= 15 is 0 Å². The predicted molar refractivity (Wildman–Crippen MR) is 74.6 cm³/mol. The molecule has 0 fully saturated rings. The van der Waals surface area contributed by atoms with Gasteiger partial charge in [-0.05, 0) is 12.5 Å². The molecule has 0 bridgehead atoms. The van der Waals surface area contributed by atoms with E-state index in [0.29, 0.717) is 0 Å². The van der Waals surface area contributed by atoms with Crippen molar-refractivity contribution in [3.63, 3.8) is 0 Å². The maximum Gasteiger partial charge on any atom is 0.172 e. The topological polar surface area (TPSA) is 47.9 Å². The van der Waals surface area contributed by atoms with Crippen LogP contribution in [0.1, 0.15) is 12.5 Å². The van der Waals surface area contributed by atoms with Crippen molar-refractivity contribution in [3.05, 3.63) is 40.8 Å². The first-order valence-corrected chi connectivity index (χ1v) is 6.67. The lowest BCUT2D eigenvalue weighted by molar-refractivity contribution is -0.120. The molecule has 4 nitrogen and oxygen atoms in total. The van der Waals surface area contributed by atoms with Crippen molar-refractivity contribution in [2.24, 2.45) is 5.18 Å². The first-order chi connectivity index (χ1) is 8.66. The van der Waals surface area contributed by atoms with Gasteiger partial charge >= 0.3 is 0 Å². The van der Waals surface area contributed by atoms with E-state index in [2.05, 4.69) is 17.3 Å². The number of methoxy groups -OCH3 is 2. The van der Waals surface area contributed by atoms with Crippen molar-refractivity contribution in [1.29, 1.82) is 0 Å². The summed E-state index contributed by atoms with van der Waals surface area (Å²) < 4.78 is 10.0. The van der Waals surface area contributed by atoms with Crippen molar-refractivity contribution in [2.45, 2.75) is 23.7 Å². The van der Waals surface area contributed by atoms with E-state index in [0.717, 1.165) is 5.75 Å². The highest BCUT2D eigenvalue weighted by Crippen LogP contribution is 2.33. The van der Waals surface area contributed by atoms with Crippen LogP contribution in [0.15, 0.2) is 35.5 Å². The van der Waals surface area contributed by atoms with Gasteiger partial charge in [-0.3, -0.25) is 0 Å². The standard InChI is InChI=1S/C13H19NO3S/c1-13(10-14-15,12(16-2)17-3)18-9-11-7-5-4-6-8-11/h4-8,12H,9-10H2,1-3H3. The molecule has 0 aliphatic rings. The lowest BCUT2D eigenvalue weighted by Crippen LogP contribution is -2.41. The third-order valence-electron chi connectivity index (χ3n) is 2.72. The maximum absolute atomic E-state index is 10.6. The number of nitroso groups, excluding NO2 is 1. The molecule has 1 aromatic rings. The van der Waals surface area contributed by atoms with Gasteiger partial charge in [0.1, 0.15) is 6.54 Å². The van der Waals surface area contributed by atoms with Crippen LogP contribution in [0.5, 0.6) is 0 Å². The van der Waals surface area contributed by atoms with Gasteiger partial charge < -0.3 is 9.47 Å². The molecule has 1 atom stereocenters. The van der Waals surface area contributed by atoms with Gasteiger partial charge in [-0.25, -0.2) is 0 Å². The lowest BCUT2D eigenvalue weighted by atomic mass is 10.1. The molecule has 5 heteroatoms. The highest BCUT2D eigenvalue weighted by molar-refractivity contribution is 8.00. The Hall–Kier alpha value is -0.910. The molecule has 0 aliphatic carbocycles. The van der Waals surface area contributed by atoms with Gasteiger partial charge in [-0.15, -0.1) is 11.8 Å². The van der Waals surface area contributed by atoms with E-state index in [9.17, 15) is 4.91 Å². The second-order valence-corrected chi connectivity index (χ2v) is 5.69. The highest BCUT2D eigenvalue weighted by Gasteiger charge is 2.36. The molecule has 0 saturated carbocycles. The van der Waals surface area contributed by atoms with Gasteiger partial charge in [0, 0.05) is 20.0 Å². The summed E-state index contributed by atoms with van der Waals surface area (Å²) in [6.07, 6.45) is -0.455. The Labute approximate surface area is 112 Å². The number of thioether (sulfide) groups is 1. The average molecular weight is 269 g/mol. The number of hydrogen-bond donors (Lipinski definition) is 0. The van der Waals surface area contributed by atoms with Gasteiger partial charge in [-0.2, -0.15) is 4.91 Å². The molecule has 1 unspecified atom stereocenters. The summed E-state index contributed by atoms with van der Waals surface area (Å²) in [5.74, 6) is 0.788. The molecule has 0 radical (unpaired) electrons.